The van der Waals surface area contributed by atoms with Crippen LogP contribution in [0.25, 0.3) is 0 Å². The van der Waals surface area contributed by atoms with Crippen molar-refractivity contribution in [3.63, 3.8) is 0 Å². The summed E-state index contributed by atoms with van der Waals surface area (Å²) in [4.78, 5) is 0. The lowest BCUT2D eigenvalue weighted by molar-refractivity contribution is 0.304. The summed E-state index contributed by atoms with van der Waals surface area (Å²) in [5, 5.41) is 9.36. The van der Waals surface area contributed by atoms with Gasteiger partial charge in [0, 0.05) is 0 Å². The maximum atomic E-state index is 9.36. The van der Waals surface area contributed by atoms with Crippen LogP contribution in [0.5, 0.6) is 11.5 Å². The molecule has 0 aromatic heterocycles. The first-order valence-corrected chi connectivity index (χ1v) is 7.55. The third-order valence-corrected chi connectivity index (χ3v) is 3.55. The molecule has 0 fully saturated rings. The fourth-order valence-corrected chi connectivity index (χ4v) is 2.32. The van der Waals surface area contributed by atoms with E-state index in [0.29, 0.717) is 6.61 Å². The van der Waals surface area contributed by atoms with Gasteiger partial charge in [0.15, 0.2) is 0 Å². The third kappa shape index (κ3) is 4.82. The number of hydrogen-bond donors (Lipinski definition) is 0. The standard InChI is InChI=1S/C19H21NO2/c1-21-19-12-7-9-16(14-19)17(15-20)8-5-6-13-22-18-10-3-2-4-11-18/h2-4,7,9-12,14,17H,5-6,8,13H2,1H3. The number of nitrogens with zero attached hydrogens (tertiary/aromatic N) is 1. The Morgan fingerprint density at radius 1 is 1.00 bits per heavy atom. The maximum absolute atomic E-state index is 9.36. The lowest BCUT2D eigenvalue weighted by Crippen LogP contribution is -2.00. The van der Waals surface area contributed by atoms with E-state index in [9.17, 15) is 5.26 Å². The van der Waals surface area contributed by atoms with E-state index in [-0.39, 0.29) is 5.92 Å². The second kappa shape index (κ2) is 8.74. The van der Waals surface area contributed by atoms with Crippen molar-refractivity contribution in [3.8, 4) is 17.6 Å². The monoisotopic (exact) mass is 295 g/mol. The minimum Gasteiger partial charge on any atom is -0.497 e. The molecule has 2 aromatic rings. The lowest BCUT2D eigenvalue weighted by atomic mass is 9.95. The number of ether oxygens (including phenoxy) is 2. The van der Waals surface area contributed by atoms with Crippen LogP contribution in [0.15, 0.2) is 54.6 Å². The Kier molecular flexibility index (Phi) is 6.32. The van der Waals surface area contributed by atoms with Crippen LogP contribution in [0.3, 0.4) is 0 Å². The van der Waals surface area contributed by atoms with Gasteiger partial charge in [0.25, 0.3) is 0 Å². The number of rotatable bonds is 8. The summed E-state index contributed by atoms with van der Waals surface area (Å²) in [5.41, 5.74) is 1.02. The molecule has 1 unspecified atom stereocenters. The molecule has 0 saturated carbocycles. The number of benzene rings is 2. The summed E-state index contributed by atoms with van der Waals surface area (Å²) >= 11 is 0. The molecule has 2 aromatic carbocycles. The van der Waals surface area contributed by atoms with Gasteiger partial charge in [-0.15, -0.1) is 0 Å². The van der Waals surface area contributed by atoms with Crippen LogP contribution < -0.4 is 9.47 Å². The first-order chi connectivity index (χ1) is 10.8. The Labute approximate surface area is 132 Å². The van der Waals surface area contributed by atoms with Crippen LogP contribution in [0.1, 0.15) is 30.7 Å². The molecule has 0 aliphatic heterocycles. The number of nitriles is 1. The van der Waals surface area contributed by atoms with Crippen LogP contribution in [-0.4, -0.2) is 13.7 Å². The van der Waals surface area contributed by atoms with Crippen LogP contribution >= 0.6 is 0 Å². The molecule has 3 heteroatoms. The van der Waals surface area contributed by atoms with Crippen molar-refractivity contribution in [3.05, 3.63) is 60.2 Å². The maximum Gasteiger partial charge on any atom is 0.119 e. The largest absolute Gasteiger partial charge is 0.497 e. The molecule has 0 heterocycles. The van der Waals surface area contributed by atoms with Gasteiger partial charge in [-0.1, -0.05) is 30.3 Å². The predicted molar refractivity (Wildman–Crippen MR) is 87.1 cm³/mol. The first kappa shape index (κ1) is 15.9. The molecule has 0 radical (unpaired) electrons. The van der Waals surface area contributed by atoms with Gasteiger partial charge in [0.2, 0.25) is 0 Å². The quantitative estimate of drug-likeness (QED) is 0.671. The molecule has 22 heavy (non-hydrogen) atoms. The van der Waals surface area contributed by atoms with Crippen LogP contribution in [0, 0.1) is 11.3 Å². The van der Waals surface area contributed by atoms with Crippen molar-refractivity contribution >= 4 is 0 Å². The van der Waals surface area contributed by atoms with E-state index in [0.717, 1.165) is 36.3 Å². The van der Waals surface area contributed by atoms with Gasteiger partial charge in [0.1, 0.15) is 11.5 Å². The second-order valence-corrected chi connectivity index (χ2v) is 5.12. The van der Waals surface area contributed by atoms with Gasteiger partial charge in [-0.25, -0.2) is 0 Å². The fourth-order valence-electron chi connectivity index (χ4n) is 2.32. The molecule has 0 amide bonds. The molecule has 0 aliphatic carbocycles. The van der Waals surface area contributed by atoms with E-state index in [4.69, 9.17) is 9.47 Å². The van der Waals surface area contributed by atoms with E-state index in [2.05, 4.69) is 6.07 Å². The zero-order chi connectivity index (χ0) is 15.6. The average molecular weight is 295 g/mol. The summed E-state index contributed by atoms with van der Waals surface area (Å²) in [5.74, 6) is 1.60. The molecule has 0 aliphatic rings. The number of methoxy groups -OCH3 is 1. The predicted octanol–water partition coefficient (Wildman–Crippen LogP) is 4.55. The molecule has 2 rings (SSSR count). The van der Waals surface area contributed by atoms with E-state index in [1.165, 1.54) is 0 Å². The highest BCUT2D eigenvalue weighted by Gasteiger charge is 2.11. The van der Waals surface area contributed by atoms with Crippen molar-refractivity contribution in [2.24, 2.45) is 0 Å². The highest BCUT2D eigenvalue weighted by Crippen LogP contribution is 2.24. The van der Waals surface area contributed by atoms with Gasteiger partial charge in [0.05, 0.1) is 25.7 Å². The summed E-state index contributed by atoms with van der Waals surface area (Å²) < 4.78 is 10.9. The molecule has 114 valence electrons. The lowest BCUT2D eigenvalue weighted by Gasteiger charge is -2.11. The Morgan fingerprint density at radius 2 is 1.77 bits per heavy atom. The fraction of sp³-hybridized carbons (Fsp3) is 0.316. The Balaban J connectivity index is 1.76. The van der Waals surface area contributed by atoms with E-state index in [1.54, 1.807) is 7.11 Å². The molecule has 0 N–H and O–H groups in total. The minimum absolute atomic E-state index is 0.0909. The van der Waals surface area contributed by atoms with E-state index < -0.39 is 0 Å². The summed E-state index contributed by atoms with van der Waals surface area (Å²) in [6, 6.07) is 19.9. The van der Waals surface area contributed by atoms with Gasteiger partial charge in [-0.2, -0.15) is 5.26 Å². The van der Waals surface area contributed by atoms with Crippen molar-refractivity contribution in [1.29, 1.82) is 5.26 Å². The van der Waals surface area contributed by atoms with Crippen LogP contribution in [-0.2, 0) is 0 Å². The topological polar surface area (TPSA) is 42.2 Å². The zero-order valence-electron chi connectivity index (χ0n) is 12.9. The van der Waals surface area contributed by atoms with Gasteiger partial charge < -0.3 is 9.47 Å². The first-order valence-electron chi connectivity index (χ1n) is 7.55. The Hall–Kier alpha value is -2.47. The van der Waals surface area contributed by atoms with E-state index >= 15 is 0 Å². The molecular formula is C19H21NO2. The normalized spacial score (nSPS) is 11.5. The summed E-state index contributed by atoms with van der Waals surface area (Å²) in [6.45, 7) is 0.681. The smallest absolute Gasteiger partial charge is 0.119 e. The SMILES string of the molecule is COc1cccc(C(C#N)CCCCOc2ccccc2)c1. The molecule has 0 bridgehead atoms. The van der Waals surface area contributed by atoms with Crippen molar-refractivity contribution in [2.45, 2.75) is 25.2 Å². The van der Waals surface area contributed by atoms with Gasteiger partial charge in [-0.05, 0) is 49.1 Å². The van der Waals surface area contributed by atoms with E-state index in [1.807, 2.05) is 54.6 Å². The minimum atomic E-state index is -0.0909. The third-order valence-electron chi connectivity index (χ3n) is 3.55. The van der Waals surface area contributed by atoms with Crippen LogP contribution in [0.2, 0.25) is 0 Å². The Morgan fingerprint density at radius 3 is 2.50 bits per heavy atom. The Bertz CT molecular complexity index is 604. The van der Waals surface area contributed by atoms with Gasteiger partial charge >= 0.3 is 0 Å². The molecule has 0 saturated heterocycles. The zero-order valence-corrected chi connectivity index (χ0v) is 12.9. The highest BCUT2D eigenvalue weighted by molar-refractivity contribution is 5.33. The molecule has 1 atom stereocenters. The van der Waals surface area contributed by atoms with Gasteiger partial charge in [-0.3, -0.25) is 0 Å². The molecule has 0 spiro atoms. The number of hydrogen-bond acceptors (Lipinski definition) is 3. The summed E-state index contributed by atoms with van der Waals surface area (Å²) in [6.07, 6.45) is 2.74. The summed E-state index contributed by atoms with van der Waals surface area (Å²) in [7, 11) is 1.64. The van der Waals surface area contributed by atoms with Crippen molar-refractivity contribution < 1.29 is 9.47 Å². The second-order valence-electron chi connectivity index (χ2n) is 5.12. The van der Waals surface area contributed by atoms with Crippen molar-refractivity contribution in [2.75, 3.05) is 13.7 Å². The molecular weight excluding hydrogens is 274 g/mol. The number of unbranched alkanes of at least 4 members (excludes halogenated alkanes) is 1. The highest BCUT2D eigenvalue weighted by atomic mass is 16.5. The number of para-hydroxylation sites is 1. The molecule has 3 nitrogen and oxygen atoms in total. The average Bonchev–Trinajstić information content (AvgIpc) is 2.59. The van der Waals surface area contributed by atoms with Crippen LogP contribution in [0.4, 0.5) is 0 Å². The van der Waals surface area contributed by atoms with Crippen molar-refractivity contribution in [1.82, 2.24) is 0 Å².